The van der Waals surface area contributed by atoms with E-state index in [-0.39, 0.29) is 11.8 Å². The summed E-state index contributed by atoms with van der Waals surface area (Å²) in [5.74, 6) is 0.858. The third-order valence-electron chi connectivity index (χ3n) is 3.73. The standard InChI is InChI=1S/C18H17ClF2N4O/c1-11(9-25-10-16(18(20)21)23-12(25)2)26-17-8-22-7-15(24-17)13-4-3-5-14(19)6-13/h3-8,10-11,18H,9H2,1-2H3. The van der Waals surface area contributed by atoms with Gasteiger partial charge in [-0.1, -0.05) is 23.7 Å². The van der Waals surface area contributed by atoms with Crippen molar-refractivity contribution in [3.05, 3.63) is 59.4 Å². The lowest BCUT2D eigenvalue weighted by molar-refractivity contribution is 0.146. The van der Waals surface area contributed by atoms with Crippen molar-refractivity contribution in [2.24, 2.45) is 0 Å². The molecule has 0 bridgehead atoms. The molecule has 1 atom stereocenters. The van der Waals surface area contributed by atoms with Crippen LogP contribution in [0.2, 0.25) is 5.02 Å². The Hall–Kier alpha value is -2.54. The first kappa shape index (κ1) is 18.3. The maximum atomic E-state index is 12.7. The van der Waals surface area contributed by atoms with Crippen LogP contribution >= 0.6 is 11.6 Å². The minimum atomic E-state index is -2.59. The van der Waals surface area contributed by atoms with Gasteiger partial charge >= 0.3 is 0 Å². The molecule has 0 saturated heterocycles. The zero-order valence-electron chi connectivity index (χ0n) is 14.2. The zero-order chi connectivity index (χ0) is 18.7. The van der Waals surface area contributed by atoms with Crippen LogP contribution in [0.25, 0.3) is 11.3 Å². The van der Waals surface area contributed by atoms with E-state index in [1.807, 2.05) is 19.1 Å². The summed E-state index contributed by atoms with van der Waals surface area (Å²) in [5.41, 5.74) is 1.23. The van der Waals surface area contributed by atoms with Crippen molar-refractivity contribution in [1.29, 1.82) is 0 Å². The van der Waals surface area contributed by atoms with E-state index in [0.29, 0.717) is 29.0 Å². The van der Waals surface area contributed by atoms with Crippen molar-refractivity contribution >= 4 is 11.6 Å². The average Bonchev–Trinajstić information content (AvgIpc) is 2.96. The molecule has 1 unspecified atom stereocenters. The van der Waals surface area contributed by atoms with Gasteiger partial charge in [-0.3, -0.25) is 4.98 Å². The molecule has 3 aromatic rings. The number of nitrogens with zero attached hydrogens (tertiary/aromatic N) is 4. The number of hydrogen-bond acceptors (Lipinski definition) is 4. The average molecular weight is 379 g/mol. The maximum absolute atomic E-state index is 12.7. The van der Waals surface area contributed by atoms with Gasteiger partial charge in [0.2, 0.25) is 5.88 Å². The van der Waals surface area contributed by atoms with Gasteiger partial charge in [0.1, 0.15) is 17.6 Å². The van der Waals surface area contributed by atoms with Gasteiger partial charge in [0.15, 0.2) is 0 Å². The van der Waals surface area contributed by atoms with E-state index < -0.39 is 6.43 Å². The molecule has 0 aliphatic carbocycles. The van der Waals surface area contributed by atoms with Crippen molar-refractivity contribution in [3.8, 4) is 17.1 Å². The SMILES string of the molecule is Cc1nc(C(F)F)cn1CC(C)Oc1cncc(-c2cccc(Cl)c2)n1. The van der Waals surface area contributed by atoms with Gasteiger partial charge in [-0.05, 0) is 26.0 Å². The van der Waals surface area contributed by atoms with Gasteiger partial charge < -0.3 is 9.30 Å². The molecular formula is C18H17ClF2N4O. The topological polar surface area (TPSA) is 52.8 Å². The number of aromatic nitrogens is 4. The highest BCUT2D eigenvalue weighted by atomic mass is 35.5. The fourth-order valence-electron chi connectivity index (χ4n) is 2.54. The number of benzene rings is 1. The van der Waals surface area contributed by atoms with Crippen molar-refractivity contribution < 1.29 is 13.5 Å². The molecule has 0 aliphatic heterocycles. The molecule has 0 fully saturated rings. The van der Waals surface area contributed by atoms with E-state index >= 15 is 0 Å². The highest BCUT2D eigenvalue weighted by molar-refractivity contribution is 6.30. The fourth-order valence-corrected chi connectivity index (χ4v) is 2.73. The Labute approximate surface area is 154 Å². The zero-order valence-corrected chi connectivity index (χ0v) is 15.0. The summed E-state index contributed by atoms with van der Waals surface area (Å²) in [4.78, 5) is 12.4. The maximum Gasteiger partial charge on any atom is 0.281 e. The van der Waals surface area contributed by atoms with Crippen molar-refractivity contribution in [2.45, 2.75) is 32.9 Å². The summed E-state index contributed by atoms with van der Waals surface area (Å²) in [5, 5.41) is 0.606. The van der Waals surface area contributed by atoms with Gasteiger partial charge in [0, 0.05) is 16.8 Å². The number of imidazole rings is 1. The molecule has 0 radical (unpaired) electrons. The molecule has 0 amide bonds. The molecular weight excluding hydrogens is 362 g/mol. The largest absolute Gasteiger partial charge is 0.472 e. The first-order chi connectivity index (χ1) is 12.4. The lowest BCUT2D eigenvalue weighted by atomic mass is 10.2. The number of rotatable bonds is 6. The van der Waals surface area contributed by atoms with E-state index in [9.17, 15) is 8.78 Å². The van der Waals surface area contributed by atoms with Crippen LogP contribution in [0.1, 0.15) is 24.9 Å². The van der Waals surface area contributed by atoms with E-state index in [0.717, 1.165) is 5.56 Å². The quantitative estimate of drug-likeness (QED) is 0.623. The highest BCUT2D eigenvalue weighted by Crippen LogP contribution is 2.22. The van der Waals surface area contributed by atoms with Crippen molar-refractivity contribution in [2.75, 3.05) is 0 Å². The Kier molecular flexibility index (Phi) is 5.46. The van der Waals surface area contributed by atoms with E-state index in [2.05, 4.69) is 15.0 Å². The summed E-state index contributed by atoms with van der Waals surface area (Å²) < 4.78 is 32.9. The smallest absolute Gasteiger partial charge is 0.281 e. The number of alkyl halides is 2. The summed E-state index contributed by atoms with van der Waals surface area (Å²) in [6.07, 6.45) is 1.57. The van der Waals surface area contributed by atoms with Gasteiger partial charge in [0.05, 0.1) is 24.6 Å². The third kappa shape index (κ3) is 4.35. The molecule has 0 aliphatic rings. The fraction of sp³-hybridized carbons (Fsp3) is 0.278. The Morgan fingerprint density at radius 1 is 1.23 bits per heavy atom. The molecule has 26 heavy (non-hydrogen) atoms. The second kappa shape index (κ2) is 7.78. The Morgan fingerprint density at radius 2 is 2.04 bits per heavy atom. The molecule has 136 valence electrons. The third-order valence-corrected chi connectivity index (χ3v) is 3.96. The highest BCUT2D eigenvalue weighted by Gasteiger charge is 2.15. The normalized spacial score (nSPS) is 12.4. The van der Waals surface area contributed by atoms with Crippen LogP contribution in [0.3, 0.4) is 0 Å². The van der Waals surface area contributed by atoms with Crippen LogP contribution in [0.5, 0.6) is 5.88 Å². The van der Waals surface area contributed by atoms with Crippen LogP contribution in [-0.4, -0.2) is 25.6 Å². The molecule has 0 spiro atoms. The number of aryl methyl sites for hydroxylation is 1. The van der Waals surface area contributed by atoms with Crippen LogP contribution in [-0.2, 0) is 6.54 Å². The van der Waals surface area contributed by atoms with E-state index in [1.165, 1.54) is 12.4 Å². The summed E-state index contributed by atoms with van der Waals surface area (Å²) >= 11 is 6.01. The van der Waals surface area contributed by atoms with Crippen LogP contribution in [0.15, 0.2) is 42.9 Å². The lowest BCUT2D eigenvalue weighted by Crippen LogP contribution is -2.20. The Balaban J connectivity index is 1.72. The molecule has 2 aromatic heterocycles. The predicted octanol–water partition coefficient (Wildman–Crippen LogP) is 4.71. The lowest BCUT2D eigenvalue weighted by Gasteiger charge is -2.15. The summed E-state index contributed by atoms with van der Waals surface area (Å²) in [7, 11) is 0. The van der Waals surface area contributed by atoms with Crippen molar-refractivity contribution in [3.63, 3.8) is 0 Å². The van der Waals surface area contributed by atoms with Gasteiger partial charge in [-0.2, -0.15) is 0 Å². The molecule has 0 N–H and O–H groups in total. The monoisotopic (exact) mass is 378 g/mol. The van der Waals surface area contributed by atoms with Gasteiger partial charge in [-0.25, -0.2) is 18.7 Å². The van der Waals surface area contributed by atoms with E-state index in [1.54, 1.807) is 29.8 Å². The second-order valence-electron chi connectivity index (χ2n) is 5.85. The first-order valence-electron chi connectivity index (χ1n) is 7.99. The Bertz CT molecular complexity index is 900. The predicted molar refractivity (Wildman–Crippen MR) is 94.5 cm³/mol. The van der Waals surface area contributed by atoms with Crippen LogP contribution in [0, 0.1) is 6.92 Å². The number of hydrogen-bond donors (Lipinski definition) is 0. The minimum absolute atomic E-state index is 0.238. The summed E-state index contributed by atoms with van der Waals surface area (Å²) in [6, 6.07) is 7.28. The van der Waals surface area contributed by atoms with Crippen molar-refractivity contribution in [1.82, 2.24) is 19.5 Å². The molecule has 1 aromatic carbocycles. The molecule has 8 heteroatoms. The van der Waals surface area contributed by atoms with E-state index in [4.69, 9.17) is 16.3 Å². The minimum Gasteiger partial charge on any atom is -0.472 e. The number of ether oxygens (including phenoxy) is 1. The molecule has 0 saturated carbocycles. The van der Waals surface area contributed by atoms with Crippen LogP contribution < -0.4 is 4.74 Å². The van der Waals surface area contributed by atoms with Gasteiger partial charge in [-0.15, -0.1) is 0 Å². The van der Waals surface area contributed by atoms with Gasteiger partial charge in [0.25, 0.3) is 6.43 Å². The number of halogens is 3. The molecule has 2 heterocycles. The second-order valence-corrected chi connectivity index (χ2v) is 6.28. The molecule has 3 rings (SSSR count). The first-order valence-corrected chi connectivity index (χ1v) is 8.36. The summed E-state index contributed by atoms with van der Waals surface area (Å²) in [6.45, 7) is 3.88. The van der Waals surface area contributed by atoms with Crippen LogP contribution in [0.4, 0.5) is 8.78 Å². The molecule has 5 nitrogen and oxygen atoms in total. The Morgan fingerprint density at radius 3 is 2.73 bits per heavy atom.